The molecule has 1 heterocycles. The van der Waals surface area contributed by atoms with Gasteiger partial charge in [0.2, 0.25) is 0 Å². The Kier molecular flexibility index (Phi) is 3.63. The van der Waals surface area contributed by atoms with Crippen LogP contribution in [0.4, 0.5) is 0 Å². The number of furan rings is 1. The van der Waals surface area contributed by atoms with Gasteiger partial charge in [0.25, 0.3) is 0 Å². The number of nitrogens with two attached hydrogens (primary N) is 1. The number of hydrogen-bond donors (Lipinski definition) is 2. The Balaban J connectivity index is 1.90. The van der Waals surface area contributed by atoms with Crippen LogP contribution in [0.25, 0.3) is 0 Å². The largest absolute Gasteiger partial charge is 0.472 e. The zero-order valence-corrected chi connectivity index (χ0v) is 9.74. The SMILES string of the molecule is COC1(CC(Cc2ccoc2)NN)CCC1. The summed E-state index contributed by atoms with van der Waals surface area (Å²) in [5.41, 5.74) is 4.11. The van der Waals surface area contributed by atoms with E-state index in [4.69, 9.17) is 15.0 Å². The molecule has 3 N–H and O–H groups in total. The molecule has 0 aliphatic heterocycles. The quantitative estimate of drug-likeness (QED) is 0.569. The van der Waals surface area contributed by atoms with E-state index in [0.717, 1.165) is 25.7 Å². The number of rotatable bonds is 6. The summed E-state index contributed by atoms with van der Waals surface area (Å²) in [5, 5.41) is 0. The van der Waals surface area contributed by atoms with Crippen molar-refractivity contribution in [3.8, 4) is 0 Å². The minimum absolute atomic E-state index is 0.0563. The molecule has 16 heavy (non-hydrogen) atoms. The monoisotopic (exact) mass is 224 g/mol. The fourth-order valence-electron chi connectivity index (χ4n) is 2.40. The molecular weight excluding hydrogens is 204 g/mol. The highest BCUT2D eigenvalue weighted by Crippen LogP contribution is 2.39. The summed E-state index contributed by atoms with van der Waals surface area (Å²) >= 11 is 0. The molecule has 2 rings (SSSR count). The van der Waals surface area contributed by atoms with Crippen LogP contribution in [0, 0.1) is 0 Å². The van der Waals surface area contributed by atoms with Crippen LogP contribution in [-0.4, -0.2) is 18.8 Å². The molecule has 1 saturated carbocycles. The Bertz CT molecular complexity index is 301. The summed E-state index contributed by atoms with van der Waals surface area (Å²) < 4.78 is 10.7. The van der Waals surface area contributed by atoms with Crippen LogP contribution < -0.4 is 11.3 Å². The summed E-state index contributed by atoms with van der Waals surface area (Å²) in [4.78, 5) is 0. The number of hydrazine groups is 1. The minimum atomic E-state index is 0.0563. The lowest BCUT2D eigenvalue weighted by molar-refractivity contribution is -0.0834. The fraction of sp³-hybridized carbons (Fsp3) is 0.667. The van der Waals surface area contributed by atoms with Gasteiger partial charge < -0.3 is 9.15 Å². The molecule has 4 nitrogen and oxygen atoms in total. The number of methoxy groups -OCH3 is 1. The second-order valence-corrected chi connectivity index (χ2v) is 4.64. The van der Waals surface area contributed by atoms with Gasteiger partial charge in [-0.3, -0.25) is 11.3 Å². The lowest BCUT2D eigenvalue weighted by atomic mass is 9.75. The highest BCUT2D eigenvalue weighted by Gasteiger charge is 2.38. The first-order valence-electron chi connectivity index (χ1n) is 5.80. The maximum absolute atomic E-state index is 5.61. The van der Waals surface area contributed by atoms with Gasteiger partial charge in [-0.2, -0.15) is 0 Å². The molecule has 1 unspecified atom stereocenters. The predicted molar refractivity (Wildman–Crippen MR) is 61.7 cm³/mol. The first-order chi connectivity index (χ1) is 7.78. The van der Waals surface area contributed by atoms with Gasteiger partial charge >= 0.3 is 0 Å². The standard InChI is InChI=1S/C12H20N2O2/c1-15-12(4-2-5-12)8-11(14-13)7-10-3-6-16-9-10/h3,6,9,11,14H,2,4-5,7-8,13H2,1H3. The summed E-state index contributed by atoms with van der Waals surface area (Å²) in [5.74, 6) is 5.59. The number of nitrogens with one attached hydrogen (secondary N) is 1. The van der Waals surface area contributed by atoms with Crippen molar-refractivity contribution in [3.05, 3.63) is 24.2 Å². The Labute approximate surface area is 96.1 Å². The highest BCUT2D eigenvalue weighted by molar-refractivity contribution is 5.08. The van der Waals surface area contributed by atoms with Crippen molar-refractivity contribution >= 4 is 0 Å². The van der Waals surface area contributed by atoms with Crippen LogP contribution in [0.1, 0.15) is 31.2 Å². The second kappa shape index (κ2) is 4.99. The Morgan fingerprint density at radius 2 is 2.44 bits per heavy atom. The maximum atomic E-state index is 5.61. The van der Waals surface area contributed by atoms with Crippen LogP contribution in [0.15, 0.2) is 23.0 Å². The smallest absolute Gasteiger partial charge is 0.0935 e. The first-order valence-corrected chi connectivity index (χ1v) is 5.80. The molecule has 0 amide bonds. The van der Waals surface area contributed by atoms with E-state index >= 15 is 0 Å². The molecule has 1 aliphatic rings. The van der Waals surface area contributed by atoms with Gasteiger partial charge in [-0.05, 0) is 43.7 Å². The third-order valence-electron chi connectivity index (χ3n) is 3.61. The van der Waals surface area contributed by atoms with E-state index in [-0.39, 0.29) is 11.6 Å². The Morgan fingerprint density at radius 1 is 1.62 bits per heavy atom. The van der Waals surface area contributed by atoms with E-state index in [2.05, 4.69) is 5.43 Å². The zero-order chi connectivity index (χ0) is 11.4. The van der Waals surface area contributed by atoms with Crippen LogP contribution in [-0.2, 0) is 11.2 Å². The van der Waals surface area contributed by atoms with Crippen molar-refractivity contribution < 1.29 is 9.15 Å². The highest BCUT2D eigenvalue weighted by atomic mass is 16.5. The normalized spacial score (nSPS) is 20.4. The van der Waals surface area contributed by atoms with E-state index in [1.165, 1.54) is 12.0 Å². The summed E-state index contributed by atoms with van der Waals surface area (Å²) in [6.45, 7) is 0. The van der Waals surface area contributed by atoms with Crippen LogP contribution >= 0.6 is 0 Å². The summed E-state index contributed by atoms with van der Waals surface area (Å²) in [6, 6.07) is 2.22. The van der Waals surface area contributed by atoms with Gasteiger partial charge in [0.05, 0.1) is 18.1 Å². The molecule has 1 atom stereocenters. The van der Waals surface area contributed by atoms with Crippen LogP contribution in [0.2, 0.25) is 0 Å². The third-order valence-corrected chi connectivity index (χ3v) is 3.61. The van der Waals surface area contributed by atoms with Crippen LogP contribution in [0.5, 0.6) is 0 Å². The van der Waals surface area contributed by atoms with Crippen molar-refractivity contribution in [3.63, 3.8) is 0 Å². The third kappa shape index (κ3) is 2.45. The molecule has 0 bridgehead atoms. The van der Waals surface area contributed by atoms with E-state index < -0.39 is 0 Å². The molecule has 0 aromatic carbocycles. The molecule has 1 fully saturated rings. The molecule has 1 aliphatic carbocycles. The van der Waals surface area contributed by atoms with Crippen molar-refractivity contribution in [1.29, 1.82) is 0 Å². The first kappa shape index (κ1) is 11.6. The summed E-state index contributed by atoms with van der Waals surface area (Å²) in [6.07, 6.45) is 8.86. The summed E-state index contributed by atoms with van der Waals surface area (Å²) in [7, 11) is 1.80. The zero-order valence-electron chi connectivity index (χ0n) is 9.74. The minimum Gasteiger partial charge on any atom is -0.472 e. The molecule has 1 aromatic rings. The number of ether oxygens (including phenoxy) is 1. The lowest BCUT2D eigenvalue weighted by Crippen LogP contribution is -2.48. The number of hydrogen-bond acceptors (Lipinski definition) is 4. The average Bonchev–Trinajstić information content (AvgIpc) is 2.74. The van der Waals surface area contributed by atoms with Crippen molar-refractivity contribution in [2.24, 2.45) is 5.84 Å². The molecule has 1 aromatic heterocycles. The molecule has 0 spiro atoms. The van der Waals surface area contributed by atoms with E-state index in [1.54, 1.807) is 19.6 Å². The van der Waals surface area contributed by atoms with Gasteiger partial charge in [0.1, 0.15) is 0 Å². The maximum Gasteiger partial charge on any atom is 0.0935 e. The Hall–Kier alpha value is -0.840. The van der Waals surface area contributed by atoms with Crippen molar-refractivity contribution in [2.45, 2.75) is 43.7 Å². The van der Waals surface area contributed by atoms with E-state index in [0.29, 0.717) is 0 Å². The van der Waals surface area contributed by atoms with E-state index in [1.807, 2.05) is 6.07 Å². The van der Waals surface area contributed by atoms with Crippen molar-refractivity contribution in [2.75, 3.05) is 7.11 Å². The van der Waals surface area contributed by atoms with Crippen molar-refractivity contribution in [1.82, 2.24) is 5.43 Å². The predicted octanol–water partition coefficient (Wildman–Crippen LogP) is 1.61. The topological polar surface area (TPSA) is 60.4 Å². The molecule has 4 heteroatoms. The molecule has 90 valence electrons. The average molecular weight is 224 g/mol. The van der Waals surface area contributed by atoms with Gasteiger partial charge in [-0.1, -0.05) is 0 Å². The van der Waals surface area contributed by atoms with Gasteiger partial charge in [-0.25, -0.2) is 0 Å². The van der Waals surface area contributed by atoms with Gasteiger partial charge in [0, 0.05) is 13.2 Å². The van der Waals surface area contributed by atoms with Gasteiger partial charge in [-0.15, -0.1) is 0 Å². The molecule has 0 saturated heterocycles. The van der Waals surface area contributed by atoms with Crippen LogP contribution in [0.3, 0.4) is 0 Å². The van der Waals surface area contributed by atoms with E-state index in [9.17, 15) is 0 Å². The lowest BCUT2D eigenvalue weighted by Gasteiger charge is -2.42. The fourth-order valence-corrected chi connectivity index (χ4v) is 2.40. The molecule has 0 radical (unpaired) electrons. The molecular formula is C12H20N2O2. The second-order valence-electron chi connectivity index (χ2n) is 4.64. The Morgan fingerprint density at radius 3 is 2.88 bits per heavy atom. The van der Waals surface area contributed by atoms with Gasteiger partial charge in [0.15, 0.2) is 0 Å².